The van der Waals surface area contributed by atoms with Gasteiger partial charge in [-0.1, -0.05) is 6.92 Å². The van der Waals surface area contributed by atoms with Gasteiger partial charge in [0.15, 0.2) is 5.78 Å². The summed E-state index contributed by atoms with van der Waals surface area (Å²) >= 11 is 1.23. The molecule has 0 saturated carbocycles. The van der Waals surface area contributed by atoms with Gasteiger partial charge in [-0.3, -0.25) is 9.78 Å². The number of nitrogens with two attached hydrogens (primary N) is 1. The van der Waals surface area contributed by atoms with Crippen molar-refractivity contribution in [3.63, 3.8) is 0 Å². The van der Waals surface area contributed by atoms with Crippen molar-refractivity contribution in [1.29, 1.82) is 0 Å². The van der Waals surface area contributed by atoms with E-state index in [1.165, 1.54) is 18.3 Å². The number of aliphatic hydroxyl groups excluding tert-OH is 1. The number of pyridine rings is 1. The topological polar surface area (TPSA) is 123 Å². The van der Waals surface area contributed by atoms with Gasteiger partial charge in [-0.15, -0.1) is 11.3 Å². The second-order valence-electron chi connectivity index (χ2n) is 6.02. The second kappa shape index (κ2) is 7.85. The predicted molar refractivity (Wildman–Crippen MR) is 106 cm³/mol. The average Bonchev–Trinajstić information content (AvgIpc) is 3.02. The minimum absolute atomic E-state index is 0.0424. The molecule has 0 bridgehead atoms. The van der Waals surface area contributed by atoms with Crippen molar-refractivity contribution in [2.45, 2.75) is 26.3 Å². The number of carbonyl (C=O) groups is 1. The molecular formula is C18H21N5O3S. The van der Waals surface area contributed by atoms with Crippen LogP contribution in [0.4, 0.5) is 11.6 Å². The van der Waals surface area contributed by atoms with Gasteiger partial charge >= 0.3 is 0 Å². The lowest BCUT2D eigenvalue weighted by molar-refractivity contribution is 0.102. The molecule has 4 N–H and O–H groups in total. The number of thiophene rings is 1. The molecule has 3 aromatic rings. The Bertz CT molecular complexity index is 985. The second-order valence-corrected chi connectivity index (χ2v) is 7.02. The molecule has 0 amide bonds. The minimum Gasteiger partial charge on any atom is -0.495 e. The Morgan fingerprint density at radius 1 is 1.41 bits per heavy atom. The molecule has 0 radical (unpaired) electrons. The SMILES string of the molecule is CC[C@H](CO)Nc1nc(-c2cncc(OC)c2)c2c(N)c(C(C)=O)sc2n1. The summed E-state index contributed by atoms with van der Waals surface area (Å²) in [4.78, 5) is 26.3. The number of ether oxygens (including phenoxy) is 1. The van der Waals surface area contributed by atoms with Crippen molar-refractivity contribution in [3.8, 4) is 17.0 Å². The molecule has 1 atom stereocenters. The number of nitrogens with zero attached hydrogens (tertiary/aromatic N) is 3. The van der Waals surface area contributed by atoms with Crippen LogP contribution in [0.2, 0.25) is 0 Å². The maximum atomic E-state index is 11.9. The zero-order chi connectivity index (χ0) is 19.6. The summed E-state index contributed by atoms with van der Waals surface area (Å²) in [6, 6.07) is 1.62. The Morgan fingerprint density at radius 3 is 2.81 bits per heavy atom. The smallest absolute Gasteiger partial charge is 0.224 e. The zero-order valence-electron chi connectivity index (χ0n) is 15.3. The van der Waals surface area contributed by atoms with Gasteiger partial charge in [0.2, 0.25) is 5.95 Å². The fourth-order valence-corrected chi connectivity index (χ4v) is 3.67. The van der Waals surface area contributed by atoms with E-state index < -0.39 is 0 Å². The number of aromatic nitrogens is 3. The number of Topliss-reactive ketones (excluding diaryl/α,β-unsaturated/α-hetero) is 1. The number of fused-ring (bicyclic) bond motifs is 1. The van der Waals surface area contributed by atoms with E-state index in [1.54, 1.807) is 25.6 Å². The van der Waals surface area contributed by atoms with E-state index in [-0.39, 0.29) is 18.4 Å². The summed E-state index contributed by atoms with van der Waals surface area (Å²) in [7, 11) is 1.56. The molecule has 0 fully saturated rings. The van der Waals surface area contributed by atoms with Gasteiger partial charge in [-0.2, -0.15) is 0 Å². The summed E-state index contributed by atoms with van der Waals surface area (Å²) in [5.41, 5.74) is 7.87. The molecule has 0 aromatic carbocycles. The molecule has 3 aromatic heterocycles. The van der Waals surface area contributed by atoms with Gasteiger partial charge in [-0.25, -0.2) is 9.97 Å². The van der Waals surface area contributed by atoms with Crippen LogP contribution in [0, 0.1) is 0 Å². The highest BCUT2D eigenvalue weighted by molar-refractivity contribution is 7.21. The average molecular weight is 387 g/mol. The van der Waals surface area contributed by atoms with Crippen LogP contribution < -0.4 is 15.8 Å². The van der Waals surface area contributed by atoms with E-state index in [0.717, 1.165) is 0 Å². The van der Waals surface area contributed by atoms with Crippen LogP contribution in [0.15, 0.2) is 18.5 Å². The number of aliphatic hydroxyl groups is 1. The molecule has 0 unspecified atom stereocenters. The van der Waals surface area contributed by atoms with Crippen molar-refractivity contribution < 1.29 is 14.6 Å². The first-order valence-corrected chi connectivity index (χ1v) is 9.27. The highest BCUT2D eigenvalue weighted by Crippen LogP contribution is 2.39. The Balaban J connectivity index is 2.25. The van der Waals surface area contributed by atoms with Crippen LogP contribution in [0.3, 0.4) is 0 Å². The molecule has 0 aliphatic carbocycles. The van der Waals surface area contributed by atoms with Gasteiger partial charge in [0.05, 0.1) is 47.6 Å². The van der Waals surface area contributed by atoms with Crippen LogP contribution in [-0.4, -0.2) is 45.6 Å². The van der Waals surface area contributed by atoms with Crippen LogP contribution >= 0.6 is 11.3 Å². The number of hydrogen-bond acceptors (Lipinski definition) is 9. The summed E-state index contributed by atoms with van der Waals surface area (Å²) in [6.07, 6.45) is 3.96. The fraction of sp³-hybridized carbons (Fsp3) is 0.333. The van der Waals surface area contributed by atoms with Gasteiger partial charge in [0.25, 0.3) is 0 Å². The third-order valence-corrected chi connectivity index (χ3v) is 5.38. The van der Waals surface area contributed by atoms with Crippen molar-refractivity contribution in [1.82, 2.24) is 15.0 Å². The Morgan fingerprint density at radius 2 is 2.19 bits per heavy atom. The molecular weight excluding hydrogens is 366 g/mol. The first-order chi connectivity index (χ1) is 13.0. The van der Waals surface area contributed by atoms with Crippen molar-refractivity contribution in [2.24, 2.45) is 0 Å². The Hall–Kier alpha value is -2.78. The number of rotatable bonds is 7. The van der Waals surface area contributed by atoms with E-state index in [1.807, 2.05) is 6.92 Å². The van der Waals surface area contributed by atoms with Crippen LogP contribution in [0.1, 0.15) is 29.9 Å². The summed E-state index contributed by atoms with van der Waals surface area (Å²) in [6.45, 7) is 3.38. The van der Waals surface area contributed by atoms with Crippen LogP contribution in [-0.2, 0) is 0 Å². The number of nitrogen functional groups attached to an aromatic ring is 1. The Labute approximate surface area is 160 Å². The number of methoxy groups -OCH3 is 1. The van der Waals surface area contributed by atoms with E-state index in [9.17, 15) is 9.90 Å². The van der Waals surface area contributed by atoms with E-state index >= 15 is 0 Å². The molecule has 0 saturated heterocycles. The molecule has 0 aliphatic heterocycles. The number of ketones is 1. The fourth-order valence-electron chi connectivity index (χ4n) is 2.68. The largest absolute Gasteiger partial charge is 0.495 e. The van der Waals surface area contributed by atoms with E-state index in [2.05, 4.69) is 20.3 Å². The first-order valence-electron chi connectivity index (χ1n) is 8.46. The van der Waals surface area contributed by atoms with Crippen molar-refractivity contribution in [3.05, 3.63) is 23.3 Å². The van der Waals surface area contributed by atoms with Crippen LogP contribution in [0.25, 0.3) is 21.5 Å². The summed E-state index contributed by atoms with van der Waals surface area (Å²) < 4.78 is 5.25. The number of anilines is 2. The lowest BCUT2D eigenvalue weighted by Gasteiger charge is -2.15. The molecule has 8 nitrogen and oxygen atoms in total. The number of nitrogens with one attached hydrogen (secondary N) is 1. The van der Waals surface area contributed by atoms with Gasteiger partial charge in [0.1, 0.15) is 10.6 Å². The Kier molecular flexibility index (Phi) is 5.52. The van der Waals surface area contributed by atoms with Crippen LogP contribution in [0.5, 0.6) is 5.75 Å². The molecule has 0 aliphatic rings. The molecule has 27 heavy (non-hydrogen) atoms. The van der Waals surface area contributed by atoms with Gasteiger partial charge in [0, 0.05) is 18.7 Å². The maximum absolute atomic E-state index is 11.9. The minimum atomic E-state index is -0.177. The standard InChI is InChI=1S/C18H21N5O3S/c1-4-11(8-24)21-18-22-15(10-5-12(26-3)7-20-6-10)13-14(19)16(9(2)25)27-17(13)23-18/h5-7,11,24H,4,8,19H2,1-3H3,(H,21,22,23)/t11-/m1/s1. The first kappa shape index (κ1) is 19.0. The number of carbonyl (C=O) groups excluding carboxylic acids is 1. The normalized spacial score (nSPS) is 12.1. The maximum Gasteiger partial charge on any atom is 0.224 e. The highest BCUT2D eigenvalue weighted by Gasteiger charge is 2.21. The zero-order valence-corrected chi connectivity index (χ0v) is 16.1. The quantitative estimate of drug-likeness (QED) is 0.529. The van der Waals surface area contributed by atoms with Crippen molar-refractivity contribution >= 4 is 39.0 Å². The molecule has 3 heterocycles. The monoisotopic (exact) mass is 387 g/mol. The predicted octanol–water partition coefficient (Wildman–Crippen LogP) is 2.73. The summed E-state index contributed by atoms with van der Waals surface area (Å²) in [5.74, 6) is 0.815. The number of hydrogen-bond donors (Lipinski definition) is 3. The van der Waals surface area contributed by atoms with E-state index in [4.69, 9.17) is 10.5 Å². The third kappa shape index (κ3) is 3.69. The third-order valence-electron chi connectivity index (χ3n) is 4.18. The molecule has 0 spiro atoms. The molecule has 142 valence electrons. The lowest BCUT2D eigenvalue weighted by atomic mass is 10.1. The highest BCUT2D eigenvalue weighted by atomic mass is 32.1. The molecule has 9 heteroatoms. The van der Waals surface area contributed by atoms with Crippen molar-refractivity contribution in [2.75, 3.05) is 24.8 Å². The summed E-state index contributed by atoms with van der Waals surface area (Å²) in [5, 5.41) is 13.2. The lowest BCUT2D eigenvalue weighted by Crippen LogP contribution is -2.24. The molecule has 3 rings (SSSR count). The van der Waals surface area contributed by atoms with Gasteiger partial charge < -0.3 is 20.9 Å². The van der Waals surface area contributed by atoms with Gasteiger partial charge in [-0.05, 0) is 12.5 Å². The van der Waals surface area contributed by atoms with E-state index in [0.29, 0.717) is 50.2 Å².